The zero-order valence-corrected chi connectivity index (χ0v) is 22.6. The highest BCUT2D eigenvalue weighted by Crippen LogP contribution is 2.39. The van der Waals surface area contributed by atoms with Gasteiger partial charge in [-0.15, -0.1) is 0 Å². The number of esters is 1. The van der Waals surface area contributed by atoms with Crippen LogP contribution in [0.15, 0.2) is 77.7 Å². The lowest BCUT2D eigenvalue weighted by Gasteiger charge is -2.24. The quantitative estimate of drug-likeness (QED) is 0.172. The van der Waals surface area contributed by atoms with Gasteiger partial charge in [-0.2, -0.15) is 0 Å². The first-order valence-electron chi connectivity index (χ1n) is 11.4. The van der Waals surface area contributed by atoms with Crippen molar-refractivity contribution in [1.29, 1.82) is 0 Å². The fraction of sp³-hybridized carbons (Fsp3) is 0.179. The molecule has 0 saturated carbocycles. The number of hydrogen-bond acceptors (Lipinski definition) is 7. The molecule has 1 heterocycles. The van der Waals surface area contributed by atoms with E-state index < -0.39 is 12.0 Å². The molecule has 0 spiro atoms. The highest BCUT2D eigenvalue weighted by atomic mass is 35.5. The second-order valence-corrected chi connectivity index (χ2v) is 10.1. The number of carbonyl (C=O) groups excluding carboxylic acids is 2. The number of halogens is 1. The minimum absolute atomic E-state index is 0.281. The van der Waals surface area contributed by atoms with Crippen LogP contribution in [0.3, 0.4) is 0 Å². The molecule has 1 fully saturated rings. The van der Waals surface area contributed by atoms with Gasteiger partial charge < -0.3 is 14.2 Å². The standard InChI is InChI=1S/C28H24ClNO5S2/c1-3-34-23-15-19(11-14-22(23)35-17-18-9-12-21(29)13-10-18)16-24-26(31)30(28(36)37-24)25(27(32)33-2)20-7-5-4-6-8-20/h4-16,25H,3,17H2,1-2H3/b24-16-. The summed E-state index contributed by atoms with van der Waals surface area (Å²) >= 11 is 12.6. The van der Waals surface area contributed by atoms with E-state index in [-0.39, 0.29) is 10.2 Å². The highest BCUT2D eigenvalue weighted by Gasteiger charge is 2.41. The van der Waals surface area contributed by atoms with E-state index >= 15 is 0 Å². The lowest BCUT2D eigenvalue weighted by molar-refractivity contribution is -0.148. The number of nitrogens with zero attached hydrogens (tertiary/aromatic N) is 1. The number of rotatable bonds is 9. The third-order valence-electron chi connectivity index (χ3n) is 5.49. The predicted octanol–water partition coefficient (Wildman–Crippen LogP) is 6.43. The maximum Gasteiger partial charge on any atom is 0.333 e. The van der Waals surface area contributed by atoms with E-state index in [1.807, 2.05) is 49.4 Å². The predicted molar refractivity (Wildman–Crippen MR) is 150 cm³/mol. The number of carbonyl (C=O) groups is 2. The minimum atomic E-state index is -0.966. The number of thioether (sulfide) groups is 1. The zero-order valence-electron chi connectivity index (χ0n) is 20.2. The molecule has 0 aliphatic carbocycles. The Morgan fingerprint density at radius 1 is 1.05 bits per heavy atom. The van der Waals surface area contributed by atoms with E-state index in [1.165, 1.54) is 12.0 Å². The molecule has 6 nitrogen and oxygen atoms in total. The van der Waals surface area contributed by atoms with Crippen LogP contribution in [0.4, 0.5) is 0 Å². The Labute approximate surface area is 230 Å². The molecule has 1 aliphatic rings. The Morgan fingerprint density at radius 3 is 2.46 bits per heavy atom. The maximum atomic E-state index is 13.4. The second-order valence-electron chi connectivity index (χ2n) is 7.94. The third kappa shape index (κ3) is 6.33. The van der Waals surface area contributed by atoms with Crippen molar-refractivity contribution < 1.29 is 23.8 Å². The first kappa shape index (κ1) is 26.7. The van der Waals surface area contributed by atoms with Crippen LogP contribution < -0.4 is 9.47 Å². The van der Waals surface area contributed by atoms with Crippen LogP contribution >= 0.6 is 35.6 Å². The topological polar surface area (TPSA) is 65.1 Å². The molecule has 3 aromatic rings. The van der Waals surface area contributed by atoms with E-state index in [0.29, 0.717) is 40.2 Å². The van der Waals surface area contributed by atoms with Gasteiger partial charge in [-0.25, -0.2) is 4.79 Å². The first-order valence-corrected chi connectivity index (χ1v) is 13.1. The summed E-state index contributed by atoms with van der Waals surface area (Å²) in [5.41, 5.74) is 2.32. The first-order chi connectivity index (χ1) is 17.9. The van der Waals surface area contributed by atoms with Gasteiger partial charge in [-0.05, 0) is 54.0 Å². The minimum Gasteiger partial charge on any atom is -0.490 e. The fourth-order valence-electron chi connectivity index (χ4n) is 3.73. The van der Waals surface area contributed by atoms with Gasteiger partial charge in [0, 0.05) is 5.02 Å². The van der Waals surface area contributed by atoms with Crippen LogP contribution in [-0.4, -0.2) is 34.8 Å². The Bertz CT molecular complexity index is 1330. The summed E-state index contributed by atoms with van der Waals surface area (Å²) in [5, 5.41) is 0.662. The smallest absolute Gasteiger partial charge is 0.333 e. The van der Waals surface area contributed by atoms with Crippen LogP contribution in [0.5, 0.6) is 11.5 Å². The molecule has 0 radical (unpaired) electrons. The molecule has 37 heavy (non-hydrogen) atoms. The van der Waals surface area contributed by atoms with E-state index in [2.05, 4.69) is 0 Å². The average molecular weight is 554 g/mol. The van der Waals surface area contributed by atoms with Gasteiger partial charge >= 0.3 is 5.97 Å². The largest absolute Gasteiger partial charge is 0.490 e. The molecule has 0 N–H and O–H groups in total. The molecule has 4 rings (SSSR count). The van der Waals surface area contributed by atoms with Crippen LogP contribution in [0, 0.1) is 0 Å². The van der Waals surface area contributed by atoms with Gasteiger partial charge in [0.1, 0.15) is 10.9 Å². The molecular formula is C28H24ClNO5S2. The number of ether oxygens (including phenoxy) is 3. The molecule has 1 amide bonds. The van der Waals surface area contributed by atoms with Crippen molar-refractivity contribution in [2.24, 2.45) is 0 Å². The van der Waals surface area contributed by atoms with Crippen molar-refractivity contribution in [3.8, 4) is 11.5 Å². The molecule has 1 unspecified atom stereocenters. The Morgan fingerprint density at radius 2 is 1.78 bits per heavy atom. The Kier molecular flexibility index (Phi) is 8.87. The lowest BCUT2D eigenvalue weighted by Crippen LogP contribution is -2.37. The monoisotopic (exact) mass is 553 g/mol. The van der Waals surface area contributed by atoms with E-state index in [4.69, 9.17) is 38.0 Å². The highest BCUT2D eigenvalue weighted by molar-refractivity contribution is 8.26. The summed E-state index contributed by atoms with van der Waals surface area (Å²) in [6, 6.07) is 20.9. The molecule has 1 aliphatic heterocycles. The second kappa shape index (κ2) is 12.3. The van der Waals surface area contributed by atoms with E-state index in [1.54, 1.807) is 36.4 Å². The van der Waals surface area contributed by atoms with Gasteiger partial charge in [0.05, 0.1) is 18.6 Å². The SMILES string of the molecule is CCOc1cc(/C=C2\SC(=S)N(C(C(=O)OC)c3ccccc3)C2=O)ccc1OCc1ccc(Cl)cc1. The number of methoxy groups -OCH3 is 1. The number of benzene rings is 3. The molecular weight excluding hydrogens is 530 g/mol. The van der Waals surface area contributed by atoms with Crippen LogP contribution in [0.2, 0.25) is 5.02 Å². The Balaban J connectivity index is 1.57. The van der Waals surface area contributed by atoms with Crippen molar-refractivity contribution in [3.05, 3.63) is 99.4 Å². The summed E-state index contributed by atoms with van der Waals surface area (Å²) in [6.07, 6.45) is 1.73. The van der Waals surface area contributed by atoms with Gasteiger partial charge in [0.15, 0.2) is 17.5 Å². The number of thiocarbonyl (C=S) groups is 1. The normalized spacial score (nSPS) is 15.1. The van der Waals surface area contributed by atoms with Crippen LogP contribution in [0.1, 0.15) is 29.7 Å². The number of amides is 1. The van der Waals surface area contributed by atoms with Crippen molar-refractivity contribution >= 4 is 57.9 Å². The van der Waals surface area contributed by atoms with Crippen molar-refractivity contribution in [2.75, 3.05) is 13.7 Å². The van der Waals surface area contributed by atoms with Gasteiger partial charge in [0.25, 0.3) is 5.91 Å². The summed E-state index contributed by atoms with van der Waals surface area (Å²) in [5.74, 6) is 0.202. The van der Waals surface area contributed by atoms with E-state index in [9.17, 15) is 9.59 Å². The summed E-state index contributed by atoms with van der Waals surface area (Å²) in [4.78, 5) is 27.7. The van der Waals surface area contributed by atoms with Gasteiger partial charge in [-0.1, -0.05) is 84.1 Å². The molecule has 0 bridgehead atoms. The van der Waals surface area contributed by atoms with Gasteiger partial charge in [0.2, 0.25) is 0 Å². The zero-order chi connectivity index (χ0) is 26.4. The van der Waals surface area contributed by atoms with Crippen LogP contribution in [0.25, 0.3) is 6.08 Å². The molecule has 1 saturated heterocycles. The molecule has 0 aromatic heterocycles. The summed E-state index contributed by atoms with van der Waals surface area (Å²) in [6.45, 7) is 2.68. The van der Waals surface area contributed by atoms with E-state index in [0.717, 1.165) is 22.9 Å². The maximum absolute atomic E-state index is 13.4. The van der Waals surface area contributed by atoms with Crippen molar-refractivity contribution in [1.82, 2.24) is 4.90 Å². The van der Waals surface area contributed by atoms with Crippen molar-refractivity contribution in [3.63, 3.8) is 0 Å². The van der Waals surface area contributed by atoms with Crippen LogP contribution in [-0.2, 0) is 20.9 Å². The summed E-state index contributed by atoms with van der Waals surface area (Å²) in [7, 11) is 1.29. The summed E-state index contributed by atoms with van der Waals surface area (Å²) < 4.78 is 17.0. The average Bonchev–Trinajstić information content (AvgIpc) is 3.18. The molecule has 190 valence electrons. The van der Waals surface area contributed by atoms with Gasteiger partial charge in [-0.3, -0.25) is 9.69 Å². The molecule has 3 aromatic carbocycles. The molecule has 9 heteroatoms. The Hall–Kier alpha value is -3.33. The third-order valence-corrected chi connectivity index (χ3v) is 7.08. The fourth-order valence-corrected chi connectivity index (χ4v) is 5.17. The molecule has 1 atom stereocenters. The van der Waals surface area contributed by atoms with Crippen molar-refractivity contribution in [2.45, 2.75) is 19.6 Å². The number of hydrogen-bond donors (Lipinski definition) is 0. The lowest BCUT2D eigenvalue weighted by atomic mass is 10.1.